The highest BCUT2D eigenvalue weighted by Gasteiger charge is 2.35. The van der Waals surface area contributed by atoms with Crippen LogP contribution in [0.1, 0.15) is 44.2 Å². The van der Waals surface area contributed by atoms with Gasteiger partial charge in [0, 0.05) is 11.8 Å². The number of hydrogen-bond donors (Lipinski definition) is 0. The summed E-state index contributed by atoms with van der Waals surface area (Å²) in [5.41, 5.74) is 2.28. The van der Waals surface area contributed by atoms with Crippen LogP contribution in [-0.2, 0) is 14.9 Å². The fourth-order valence-electron chi connectivity index (χ4n) is 4.81. The van der Waals surface area contributed by atoms with Crippen molar-refractivity contribution in [1.29, 1.82) is 0 Å². The first-order valence-electron chi connectivity index (χ1n) is 10.8. The van der Waals surface area contributed by atoms with E-state index in [9.17, 15) is 4.79 Å². The summed E-state index contributed by atoms with van der Waals surface area (Å²) in [5, 5.41) is 4.95. The summed E-state index contributed by atoms with van der Waals surface area (Å²) in [5.74, 6) is -0.129. The summed E-state index contributed by atoms with van der Waals surface area (Å²) in [4.78, 5) is 12.4. The summed E-state index contributed by atoms with van der Waals surface area (Å²) in [6, 6.07) is 30.1. The molecule has 4 aromatic rings. The van der Waals surface area contributed by atoms with Gasteiger partial charge in [0.2, 0.25) is 0 Å². The van der Waals surface area contributed by atoms with Gasteiger partial charge in [0.1, 0.15) is 0 Å². The van der Waals surface area contributed by atoms with Gasteiger partial charge in [0.25, 0.3) is 0 Å². The number of esters is 1. The first-order valence-corrected chi connectivity index (χ1v) is 10.8. The molecule has 0 unspecified atom stereocenters. The number of rotatable bonds is 7. The SMILES string of the molecule is CCOC(=O)CCC(CC)(c1cccc2ccccc12)c1cccc2ccccc12. The zero-order chi connectivity index (χ0) is 21.0. The maximum atomic E-state index is 12.4. The van der Waals surface area contributed by atoms with E-state index in [0.29, 0.717) is 19.4 Å². The van der Waals surface area contributed by atoms with Crippen molar-refractivity contribution in [2.45, 2.75) is 38.5 Å². The fourth-order valence-corrected chi connectivity index (χ4v) is 4.81. The lowest BCUT2D eigenvalue weighted by Gasteiger charge is -2.36. The van der Waals surface area contributed by atoms with E-state index < -0.39 is 0 Å². The number of fused-ring (bicyclic) bond motifs is 2. The molecule has 0 N–H and O–H groups in total. The van der Waals surface area contributed by atoms with Gasteiger partial charge in [-0.15, -0.1) is 0 Å². The molecule has 0 radical (unpaired) electrons. The molecule has 0 saturated heterocycles. The average molecular weight is 397 g/mol. The van der Waals surface area contributed by atoms with Gasteiger partial charge in [0.15, 0.2) is 0 Å². The molecule has 0 bridgehead atoms. The van der Waals surface area contributed by atoms with Crippen LogP contribution in [0.2, 0.25) is 0 Å². The molecule has 0 aliphatic heterocycles. The first kappa shape index (κ1) is 20.2. The van der Waals surface area contributed by atoms with Crippen molar-refractivity contribution in [2.24, 2.45) is 0 Å². The Bertz CT molecular complexity index is 1090. The largest absolute Gasteiger partial charge is 0.466 e. The van der Waals surface area contributed by atoms with Crippen LogP contribution >= 0.6 is 0 Å². The summed E-state index contributed by atoms with van der Waals surface area (Å²) < 4.78 is 5.29. The van der Waals surface area contributed by atoms with Crippen LogP contribution in [-0.4, -0.2) is 12.6 Å². The fraction of sp³-hybridized carbons (Fsp3) is 0.250. The Morgan fingerprint density at radius 3 is 1.73 bits per heavy atom. The number of hydrogen-bond acceptors (Lipinski definition) is 2. The Morgan fingerprint density at radius 2 is 1.23 bits per heavy atom. The molecule has 0 fully saturated rings. The predicted molar refractivity (Wildman–Crippen MR) is 125 cm³/mol. The third kappa shape index (κ3) is 3.59. The van der Waals surface area contributed by atoms with Crippen LogP contribution < -0.4 is 0 Å². The zero-order valence-electron chi connectivity index (χ0n) is 17.7. The second-order valence-corrected chi connectivity index (χ2v) is 7.79. The summed E-state index contributed by atoms with van der Waals surface area (Å²) in [7, 11) is 0. The lowest BCUT2D eigenvalue weighted by molar-refractivity contribution is -0.143. The Kier molecular flexibility index (Phi) is 5.85. The third-order valence-electron chi connectivity index (χ3n) is 6.28. The van der Waals surface area contributed by atoms with E-state index in [-0.39, 0.29) is 11.4 Å². The number of carbonyl (C=O) groups excluding carboxylic acids is 1. The molecule has 0 aliphatic rings. The highest BCUT2D eigenvalue weighted by molar-refractivity contribution is 5.91. The van der Waals surface area contributed by atoms with E-state index in [1.54, 1.807) is 0 Å². The summed E-state index contributed by atoms with van der Waals surface area (Å²) in [6.45, 7) is 4.51. The van der Waals surface area contributed by atoms with Crippen LogP contribution in [0.5, 0.6) is 0 Å². The third-order valence-corrected chi connectivity index (χ3v) is 6.28. The Labute approximate surface area is 178 Å². The summed E-state index contributed by atoms with van der Waals surface area (Å²) in [6.07, 6.45) is 2.01. The normalized spacial score (nSPS) is 11.7. The molecule has 2 heteroatoms. The minimum atomic E-state index is -0.283. The van der Waals surface area contributed by atoms with Crippen LogP contribution in [0.15, 0.2) is 84.9 Å². The van der Waals surface area contributed by atoms with E-state index in [2.05, 4.69) is 91.9 Å². The van der Waals surface area contributed by atoms with Gasteiger partial charge in [-0.3, -0.25) is 4.79 Å². The quantitative estimate of drug-likeness (QED) is 0.313. The molecule has 0 heterocycles. The van der Waals surface area contributed by atoms with Gasteiger partial charge < -0.3 is 4.74 Å². The first-order chi connectivity index (χ1) is 14.7. The number of ether oxygens (including phenoxy) is 1. The van der Waals surface area contributed by atoms with Crippen LogP contribution in [0.25, 0.3) is 21.5 Å². The molecule has 30 heavy (non-hydrogen) atoms. The van der Waals surface area contributed by atoms with Gasteiger partial charge in [0.05, 0.1) is 6.61 Å². The second kappa shape index (κ2) is 8.71. The van der Waals surface area contributed by atoms with E-state index >= 15 is 0 Å². The Morgan fingerprint density at radius 1 is 0.733 bits per heavy atom. The molecule has 0 amide bonds. The Balaban J connectivity index is 1.97. The van der Waals surface area contributed by atoms with Crippen molar-refractivity contribution in [3.8, 4) is 0 Å². The minimum Gasteiger partial charge on any atom is -0.466 e. The van der Waals surface area contributed by atoms with Crippen molar-refractivity contribution in [1.82, 2.24) is 0 Å². The molecule has 2 nitrogen and oxygen atoms in total. The lowest BCUT2D eigenvalue weighted by Crippen LogP contribution is -2.29. The van der Waals surface area contributed by atoms with Crippen molar-refractivity contribution >= 4 is 27.5 Å². The van der Waals surface area contributed by atoms with Gasteiger partial charge in [-0.2, -0.15) is 0 Å². The maximum absolute atomic E-state index is 12.4. The van der Waals surface area contributed by atoms with E-state index in [0.717, 1.165) is 6.42 Å². The maximum Gasteiger partial charge on any atom is 0.305 e. The van der Waals surface area contributed by atoms with E-state index in [1.165, 1.54) is 32.7 Å². The van der Waals surface area contributed by atoms with Crippen LogP contribution in [0.3, 0.4) is 0 Å². The molecule has 0 aromatic heterocycles. The van der Waals surface area contributed by atoms with E-state index in [4.69, 9.17) is 4.74 Å². The van der Waals surface area contributed by atoms with Crippen LogP contribution in [0.4, 0.5) is 0 Å². The molecule has 0 spiro atoms. The molecular weight excluding hydrogens is 368 g/mol. The number of carbonyl (C=O) groups is 1. The van der Waals surface area contributed by atoms with Crippen molar-refractivity contribution in [2.75, 3.05) is 6.61 Å². The average Bonchev–Trinajstić information content (AvgIpc) is 2.80. The zero-order valence-corrected chi connectivity index (χ0v) is 17.7. The standard InChI is InChI=1S/C28H28O2/c1-3-28(20-19-27(29)30-4-2,25-17-9-13-21-11-5-7-15-23(21)25)26-18-10-14-22-12-6-8-16-24(22)26/h5-18H,3-4,19-20H2,1-2H3. The predicted octanol–water partition coefficient (Wildman–Crippen LogP) is 7.03. The van der Waals surface area contributed by atoms with Crippen molar-refractivity contribution < 1.29 is 9.53 Å². The van der Waals surface area contributed by atoms with Gasteiger partial charge in [-0.25, -0.2) is 0 Å². The molecule has 152 valence electrons. The van der Waals surface area contributed by atoms with Gasteiger partial charge >= 0.3 is 5.97 Å². The number of benzene rings is 4. The molecule has 0 aliphatic carbocycles. The topological polar surface area (TPSA) is 26.3 Å². The monoisotopic (exact) mass is 396 g/mol. The highest BCUT2D eigenvalue weighted by atomic mass is 16.5. The molecule has 0 atom stereocenters. The van der Waals surface area contributed by atoms with Crippen LogP contribution in [0, 0.1) is 0 Å². The van der Waals surface area contributed by atoms with Crippen molar-refractivity contribution in [3.63, 3.8) is 0 Å². The molecule has 0 saturated carbocycles. The molecule has 4 rings (SSSR count). The molecule has 4 aromatic carbocycles. The minimum absolute atomic E-state index is 0.129. The molecular formula is C28H28O2. The second-order valence-electron chi connectivity index (χ2n) is 7.79. The van der Waals surface area contributed by atoms with E-state index in [1.807, 2.05) is 6.92 Å². The van der Waals surface area contributed by atoms with Gasteiger partial charge in [-0.05, 0) is 52.4 Å². The summed E-state index contributed by atoms with van der Waals surface area (Å²) >= 11 is 0. The lowest BCUT2D eigenvalue weighted by atomic mass is 9.67. The Hall–Kier alpha value is -3.13. The smallest absolute Gasteiger partial charge is 0.305 e. The van der Waals surface area contributed by atoms with Gasteiger partial charge in [-0.1, -0.05) is 91.9 Å². The van der Waals surface area contributed by atoms with Crippen molar-refractivity contribution in [3.05, 3.63) is 96.1 Å². The highest BCUT2D eigenvalue weighted by Crippen LogP contribution is 2.45.